The van der Waals surface area contributed by atoms with Crippen LogP contribution in [0, 0.1) is 17.7 Å². The molecule has 5 heteroatoms. The van der Waals surface area contributed by atoms with Crippen LogP contribution in [0.3, 0.4) is 0 Å². The van der Waals surface area contributed by atoms with Crippen LogP contribution in [0.15, 0.2) is 22.7 Å². The van der Waals surface area contributed by atoms with E-state index in [1.165, 1.54) is 12.5 Å². The molecule has 2 fully saturated rings. The fraction of sp³-hybridized carbons (Fsp3) is 0.562. The second-order valence-corrected chi connectivity index (χ2v) is 7.03. The van der Waals surface area contributed by atoms with Gasteiger partial charge in [0.1, 0.15) is 5.82 Å². The van der Waals surface area contributed by atoms with Gasteiger partial charge in [0, 0.05) is 12.0 Å². The number of hydrazine groups is 1. The molecule has 0 radical (unpaired) electrons. The number of amides is 1. The summed E-state index contributed by atoms with van der Waals surface area (Å²) in [5.74, 6) is 0.589. The standard InChI is InChI=1S/C16H20BrFN2O/c1-9(10-6-7-14(18)13(17)8-10)15-11-4-2-3-5-12(11)16(21)20-19-15/h6-9,11-12,15,19H,2-5H2,1H3,(H,20,21). The minimum absolute atomic E-state index is 0.122. The summed E-state index contributed by atoms with van der Waals surface area (Å²) in [6.45, 7) is 2.14. The van der Waals surface area contributed by atoms with Crippen LogP contribution in [0.25, 0.3) is 0 Å². The third kappa shape index (κ3) is 2.86. The van der Waals surface area contributed by atoms with Crippen LogP contribution in [-0.4, -0.2) is 11.9 Å². The normalized spacial score (nSPS) is 30.4. The Hall–Kier alpha value is -0.940. The highest BCUT2D eigenvalue weighted by Crippen LogP contribution is 2.39. The second kappa shape index (κ2) is 6.05. The first-order valence-corrected chi connectivity index (χ1v) is 8.37. The number of halogens is 2. The fourth-order valence-electron chi connectivity index (χ4n) is 3.77. The van der Waals surface area contributed by atoms with Crippen LogP contribution in [0.2, 0.25) is 0 Å². The summed E-state index contributed by atoms with van der Waals surface area (Å²) in [6, 6.07) is 5.37. The molecule has 2 N–H and O–H groups in total. The zero-order valence-corrected chi connectivity index (χ0v) is 13.6. The molecule has 1 heterocycles. The zero-order chi connectivity index (χ0) is 15.0. The predicted octanol–water partition coefficient (Wildman–Crippen LogP) is 3.50. The molecule has 1 aliphatic carbocycles. The minimum atomic E-state index is -0.244. The van der Waals surface area contributed by atoms with Gasteiger partial charge in [0.2, 0.25) is 5.91 Å². The summed E-state index contributed by atoms with van der Waals surface area (Å²) < 4.78 is 13.9. The van der Waals surface area contributed by atoms with Gasteiger partial charge >= 0.3 is 0 Å². The van der Waals surface area contributed by atoms with Gasteiger partial charge in [-0.05, 0) is 58.3 Å². The van der Waals surface area contributed by atoms with E-state index in [1.54, 1.807) is 0 Å². The van der Waals surface area contributed by atoms with Crippen molar-refractivity contribution in [1.29, 1.82) is 0 Å². The maximum absolute atomic E-state index is 13.4. The average molecular weight is 355 g/mol. The monoisotopic (exact) mass is 354 g/mol. The Morgan fingerprint density at radius 3 is 2.86 bits per heavy atom. The third-order valence-electron chi connectivity index (χ3n) is 4.99. The van der Waals surface area contributed by atoms with Crippen molar-refractivity contribution in [2.75, 3.05) is 0 Å². The molecule has 0 spiro atoms. The number of carbonyl (C=O) groups excluding carboxylic acids is 1. The van der Waals surface area contributed by atoms with Crippen molar-refractivity contribution in [3.05, 3.63) is 34.1 Å². The van der Waals surface area contributed by atoms with Crippen molar-refractivity contribution < 1.29 is 9.18 Å². The average Bonchev–Trinajstić information content (AvgIpc) is 2.50. The summed E-state index contributed by atoms with van der Waals surface area (Å²) in [5, 5.41) is 0. The Bertz CT molecular complexity index is 551. The van der Waals surface area contributed by atoms with Gasteiger partial charge in [0.15, 0.2) is 0 Å². The van der Waals surface area contributed by atoms with Gasteiger partial charge in [-0.1, -0.05) is 25.8 Å². The smallest absolute Gasteiger partial charge is 0.237 e. The van der Waals surface area contributed by atoms with E-state index in [-0.39, 0.29) is 29.6 Å². The Morgan fingerprint density at radius 2 is 2.10 bits per heavy atom. The summed E-state index contributed by atoms with van der Waals surface area (Å²) in [7, 11) is 0. The van der Waals surface area contributed by atoms with Crippen molar-refractivity contribution in [3.8, 4) is 0 Å². The van der Waals surface area contributed by atoms with Crippen molar-refractivity contribution in [2.45, 2.75) is 44.6 Å². The van der Waals surface area contributed by atoms with E-state index in [4.69, 9.17) is 0 Å². The predicted molar refractivity (Wildman–Crippen MR) is 83.0 cm³/mol. The van der Waals surface area contributed by atoms with Gasteiger partial charge in [-0.2, -0.15) is 0 Å². The van der Waals surface area contributed by atoms with Gasteiger partial charge in [-0.25, -0.2) is 9.82 Å². The molecule has 1 aromatic carbocycles. The van der Waals surface area contributed by atoms with Crippen LogP contribution in [0.4, 0.5) is 4.39 Å². The number of hydrogen-bond donors (Lipinski definition) is 2. The van der Waals surface area contributed by atoms with Crippen LogP contribution in [0.1, 0.15) is 44.1 Å². The van der Waals surface area contributed by atoms with E-state index in [0.717, 1.165) is 24.8 Å². The number of nitrogens with one attached hydrogen (secondary N) is 2. The summed E-state index contributed by atoms with van der Waals surface area (Å²) >= 11 is 3.25. The third-order valence-corrected chi connectivity index (χ3v) is 5.60. The molecular formula is C16H20BrFN2O. The van der Waals surface area contributed by atoms with Crippen LogP contribution in [-0.2, 0) is 4.79 Å². The lowest BCUT2D eigenvalue weighted by Crippen LogP contribution is -2.60. The van der Waals surface area contributed by atoms with E-state index >= 15 is 0 Å². The first-order valence-electron chi connectivity index (χ1n) is 7.58. The molecule has 1 saturated carbocycles. The molecule has 0 aromatic heterocycles. The van der Waals surface area contributed by atoms with Gasteiger partial charge < -0.3 is 0 Å². The quantitative estimate of drug-likeness (QED) is 0.853. The summed E-state index contributed by atoms with van der Waals surface area (Å²) in [5.41, 5.74) is 7.11. The number of fused-ring (bicyclic) bond motifs is 1. The lowest BCUT2D eigenvalue weighted by Gasteiger charge is -2.43. The highest BCUT2D eigenvalue weighted by Gasteiger charge is 2.42. The lowest BCUT2D eigenvalue weighted by atomic mass is 9.70. The molecule has 1 amide bonds. The van der Waals surface area contributed by atoms with Gasteiger partial charge in [0.25, 0.3) is 0 Å². The van der Waals surface area contributed by atoms with E-state index < -0.39 is 0 Å². The van der Waals surface area contributed by atoms with E-state index in [2.05, 4.69) is 33.7 Å². The first-order chi connectivity index (χ1) is 10.1. The van der Waals surface area contributed by atoms with Crippen LogP contribution < -0.4 is 10.9 Å². The summed E-state index contributed by atoms with van der Waals surface area (Å²) in [6.07, 6.45) is 4.39. The number of rotatable bonds is 2. The molecule has 4 atom stereocenters. The van der Waals surface area contributed by atoms with Crippen molar-refractivity contribution in [1.82, 2.24) is 10.9 Å². The fourth-order valence-corrected chi connectivity index (χ4v) is 4.16. The van der Waals surface area contributed by atoms with Crippen LogP contribution >= 0.6 is 15.9 Å². The SMILES string of the molecule is CC(c1ccc(F)c(Br)c1)C1NNC(=O)C2CCCCC21. The minimum Gasteiger partial charge on any atom is -0.291 e. The molecule has 1 aromatic rings. The Kier molecular flexibility index (Phi) is 4.31. The van der Waals surface area contributed by atoms with E-state index in [9.17, 15) is 9.18 Å². The highest BCUT2D eigenvalue weighted by atomic mass is 79.9. The first kappa shape index (κ1) is 15.0. The van der Waals surface area contributed by atoms with E-state index in [0.29, 0.717) is 10.4 Å². The Labute approximate surface area is 132 Å². The molecule has 3 nitrogen and oxygen atoms in total. The van der Waals surface area contributed by atoms with Gasteiger partial charge in [0.05, 0.1) is 4.47 Å². The van der Waals surface area contributed by atoms with E-state index in [1.807, 2.05) is 12.1 Å². The van der Waals surface area contributed by atoms with Crippen molar-refractivity contribution in [3.63, 3.8) is 0 Å². The maximum Gasteiger partial charge on any atom is 0.237 e. The molecule has 114 valence electrons. The van der Waals surface area contributed by atoms with Crippen molar-refractivity contribution in [2.24, 2.45) is 11.8 Å². The molecule has 1 saturated heterocycles. The molecule has 21 heavy (non-hydrogen) atoms. The number of hydrogen-bond acceptors (Lipinski definition) is 2. The molecular weight excluding hydrogens is 335 g/mol. The van der Waals surface area contributed by atoms with Gasteiger partial charge in [-0.3, -0.25) is 10.2 Å². The van der Waals surface area contributed by atoms with Gasteiger partial charge in [-0.15, -0.1) is 0 Å². The Morgan fingerprint density at radius 1 is 1.33 bits per heavy atom. The number of benzene rings is 1. The maximum atomic E-state index is 13.4. The molecule has 3 rings (SSSR count). The lowest BCUT2D eigenvalue weighted by molar-refractivity contribution is -0.133. The second-order valence-electron chi connectivity index (χ2n) is 6.18. The molecule has 2 aliphatic rings. The summed E-state index contributed by atoms with van der Waals surface area (Å²) in [4.78, 5) is 12.0. The molecule has 0 bridgehead atoms. The molecule has 4 unspecified atom stereocenters. The number of carbonyl (C=O) groups is 1. The van der Waals surface area contributed by atoms with Crippen LogP contribution in [0.5, 0.6) is 0 Å². The highest BCUT2D eigenvalue weighted by molar-refractivity contribution is 9.10. The largest absolute Gasteiger partial charge is 0.291 e. The topological polar surface area (TPSA) is 41.1 Å². The zero-order valence-electron chi connectivity index (χ0n) is 12.0. The molecule has 1 aliphatic heterocycles. The Balaban J connectivity index is 1.84. The van der Waals surface area contributed by atoms with Crippen molar-refractivity contribution >= 4 is 21.8 Å².